The van der Waals surface area contributed by atoms with Crippen LogP contribution >= 0.6 is 0 Å². The summed E-state index contributed by atoms with van der Waals surface area (Å²) in [6.07, 6.45) is 3.24. The van der Waals surface area contributed by atoms with Gasteiger partial charge in [-0.05, 0) is 41.8 Å². The third-order valence-corrected chi connectivity index (χ3v) is 5.56. The highest BCUT2D eigenvalue weighted by atomic mass is 16.5. The Morgan fingerprint density at radius 1 is 1.03 bits per heavy atom. The zero-order valence-electron chi connectivity index (χ0n) is 18.2. The Balaban J connectivity index is 2.00. The van der Waals surface area contributed by atoms with Crippen molar-refractivity contribution in [3.63, 3.8) is 0 Å². The number of carbonyl (C=O) groups is 2. The van der Waals surface area contributed by atoms with Gasteiger partial charge in [0.2, 0.25) is 5.91 Å². The highest BCUT2D eigenvalue weighted by Crippen LogP contribution is 2.41. The summed E-state index contributed by atoms with van der Waals surface area (Å²) in [4.78, 5) is 27.6. The standard InChI is InChI=1S/C25H29NO5/c1-5-7-16-31-25(28)23-21(6-2)24(27)26(23)22(17-8-12-19(29-3)13-9-17)18-10-14-20(30-4)15-11-18/h6,8-15,21-23H,2,5,7,16H2,1,3-4H3. The third kappa shape index (κ3) is 4.58. The van der Waals surface area contributed by atoms with Crippen LogP contribution in [0.2, 0.25) is 0 Å². The summed E-state index contributed by atoms with van der Waals surface area (Å²) in [5.41, 5.74) is 1.74. The van der Waals surface area contributed by atoms with Gasteiger partial charge in [-0.15, -0.1) is 6.58 Å². The number of esters is 1. The summed E-state index contributed by atoms with van der Waals surface area (Å²) in [7, 11) is 3.21. The van der Waals surface area contributed by atoms with Gasteiger partial charge in [-0.1, -0.05) is 43.7 Å². The number of hydrogen-bond acceptors (Lipinski definition) is 5. The predicted octanol–water partition coefficient (Wildman–Crippen LogP) is 4.15. The van der Waals surface area contributed by atoms with E-state index in [0.717, 1.165) is 24.0 Å². The second-order valence-corrected chi connectivity index (χ2v) is 7.42. The quantitative estimate of drug-likeness (QED) is 0.249. The first kappa shape index (κ1) is 22.4. The van der Waals surface area contributed by atoms with Gasteiger partial charge < -0.3 is 19.1 Å². The fourth-order valence-corrected chi connectivity index (χ4v) is 3.80. The van der Waals surface area contributed by atoms with E-state index in [0.29, 0.717) is 18.1 Å². The maximum Gasteiger partial charge on any atom is 0.330 e. The molecule has 0 N–H and O–H groups in total. The third-order valence-electron chi connectivity index (χ3n) is 5.56. The van der Waals surface area contributed by atoms with Gasteiger partial charge in [0, 0.05) is 0 Å². The van der Waals surface area contributed by atoms with Crippen molar-refractivity contribution in [2.75, 3.05) is 20.8 Å². The van der Waals surface area contributed by atoms with Crippen LogP contribution in [0.25, 0.3) is 0 Å². The number of methoxy groups -OCH3 is 2. The van der Waals surface area contributed by atoms with Crippen LogP contribution in [-0.2, 0) is 14.3 Å². The average molecular weight is 424 g/mol. The van der Waals surface area contributed by atoms with E-state index in [2.05, 4.69) is 6.58 Å². The number of hydrogen-bond donors (Lipinski definition) is 0. The van der Waals surface area contributed by atoms with Crippen molar-refractivity contribution in [1.29, 1.82) is 0 Å². The van der Waals surface area contributed by atoms with Crippen LogP contribution < -0.4 is 9.47 Å². The molecule has 2 atom stereocenters. The Morgan fingerprint density at radius 2 is 1.55 bits per heavy atom. The molecular weight excluding hydrogens is 394 g/mol. The number of benzene rings is 2. The first-order chi connectivity index (χ1) is 15.0. The minimum Gasteiger partial charge on any atom is -0.497 e. The zero-order valence-corrected chi connectivity index (χ0v) is 18.2. The molecule has 0 saturated carbocycles. The van der Waals surface area contributed by atoms with Gasteiger partial charge in [0.25, 0.3) is 0 Å². The van der Waals surface area contributed by atoms with E-state index >= 15 is 0 Å². The summed E-state index contributed by atoms with van der Waals surface area (Å²) in [5.74, 6) is 0.292. The van der Waals surface area contributed by atoms with E-state index < -0.39 is 24.0 Å². The number of unbranched alkanes of at least 4 members (excludes halogenated alkanes) is 1. The number of rotatable bonds is 10. The molecule has 0 aliphatic carbocycles. The summed E-state index contributed by atoms with van der Waals surface area (Å²) in [6.45, 7) is 6.13. The molecule has 6 nitrogen and oxygen atoms in total. The molecule has 31 heavy (non-hydrogen) atoms. The lowest BCUT2D eigenvalue weighted by molar-refractivity contribution is -0.174. The van der Waals surface area contributed by atoms with Crippen molar-refractivity contribution in [1.82, 2.24) is 4.90 Å². The molecule has 6 heteroatoms. The first-order valence-electron chi connectivity index (χ1n) is 10.4. The lowest BCUT2D eigenvalue weighted by atomic mass is 9.82. The fraction of sp³-hybridized carbons (Fsp3) is 0.360. The van der Waals surface area contributed by atoms with E-state index in [-0.39, 0.29) is 5.91 Å². The molecule has 1 aliphatic heterocycles. The molecule has 0 aromatic heterocycles. The largest absolute Gasteiger partial charge is 0.497 e. The lowest BCUT2D eigenvalue weighted by Gasteiger charge is -2.48. The Morgan fingerprint density at radius 3 is 1.97 bits per heavy atom. The Labute approximate surface area is 183 Å². The number of amides is 1. The molecule has 164 valence electrons. The zero-order chi connectivity index (χ0) is 22.4. The van der Waals surface area contributed by atoms with E-state index in [9.17, 15) is 9.59 Å². The normalized spacial score (nSPS) is 17.8. The summed E-state index contributed by atoms with van der Waals surface area (Å²) >= 11 is 0. The second kappa shape index (κ2) is 10.2. The summed E-state index contributed by atoms with van der Waals surface area (Å²) < 4.78 is 16.0. The van der Waals surface area contributed by atoms with Gasteiger partial charge in [-0.2, -0.15) is 0 Å². The van der Waals surface area contributed by atoms with Crippen molar-refractivity contribution in [3.05, 3.63) is 72.3 Å². The van der Waals surface area contributed by atoms with Gasteiger partial charge in [0.1, 0.15) is 17.5 Å². The smallest absolute Gasteiger partial charge is 0.330 e. The minimum absolute atomic E-state index is 0.149. The first-order valence-corrected chi connectivity index (χ1v) is 10.4. The Kier molecular flexibility index (Phi) is 7.34. The number of carbonyl (C=O) groups excluding carboxylic acids is 2. The van der Waals surface area contributed by atoms with Crippen LogP contribution in [-0.4, -0.2) is 43.6 Å². The molecule has 0 bridgehead atoms. The van der Waals surface area contributed by atoms with Crippen LogP contribution in [0.15, 0.2) is 61.2 Å². The van der Waals surface area contributed by atoms with Crippen LogP contribution in [0.3, 0.4) is 0 Å². The van der Waals surface area contributed by atoms with Crippen molar-refractivity contribution in [3.8, 4) is 11.5 Å². The highest BCUT2D eigenvalue weighted by Gasteiger charge is 2.54. The topological polar surface area (TPSA) is 65.1 Å². The molecule has 1 saturated heterocycles. The molecule has 0 radical (unpaired) electrons. The number of ether oxygens (including phenoxy) is 3. The van der Waals surface area contributed by atoms with Gasteiger partial charge in [0.05, 0.1) is 32.8 Å². The van der Waals surface area contributed by atoms with Crippen LogP contribution in [0, 0.1) is 5.92 Å². The van der Waals surface area contributed by atoms with Crippen LogP contribution in [0.1, 0.15) is 36.9 Å². The predicted molar refractivity (Wildman–Crippen MR) is 118 cm³/mol. The van der Waals surface area contributed by atoms with E-state index in [1.807, 2.05) is 55.5 Å². The molecule has 2 aromatic rings. The SMILES string of the molecule is C=CC1C(=O)N(C(c2ccc(OC)cc2)c2ccc(OC)cc2)C1C(=O)OCCCC. The highest BCUT2D eigenvalue weighted by molar-refractivity contribution is 5.99. The Hall–Kier alpha value is -3.28. The monoisotopic (exact) mass is 423 g/mol. The van der Waals surface area contributed by atoms with E-state index in [1.165, 1.54) is 6.08 Å². The number of β-lactam (4-membered cyclic amide) rings is 1. The number of nitrogens with zero attached hydrogens (tertiary/aromatic N) is 1. The molecule has 1 heterocycles. The minimum atomic E-state index is -0.712. The van der Waals surface area contributed by atoms with Crippen molar-refractivity contribution >= 4 is 11.9 Å². The van der Waals surface area contributed by atoms with Gasteiger partial charge in [-0.25, -0.2) is 4.79 Å². The second-order valence-electron chi connectivity index (χ2n) is 7.42. The fourth-order valence-electron chi connectivity index (χ4n) is 3.80. The van der Waals surface area contributed by atoms with Gasteiger partial charge in [0.15, 0.2) is 0 Å². The lowest BCUT2D eigenvalue weighted by Crippen LogP contribution is -2.65. The van der Waals surface area contributed by atoms with Crippen molar-refractivity contribution in [2.24, 2.45) is 5.92 Å². The van der Waals surface area contributed by atoms with E-state index in [4.69, 9.17) is 14.2 Å². The van der Waals surface area contributed by atoms with Crippen LogP contribution in [0.4, 0.5) is 0 Å². The van der Waals surface area contributed by atoms with E-state index in [1.54, 1.807) is 19.1 Å². The molecule has 1 fully saturated rings. The Bertz CT molecular complexity index is 859. The van der Waals surface area contributed by atoms with Crippen LogP contribution in [0.5, 0.6) is 11.5 Å². The molecule has 0 spiro atoms. The van der Waals surface area contributed by atoms with Crippen molar-refractivity contribution < 1.29 is 23.8 Å². The van der Waals surface area contributed by atoms with Crippen molar-refractivity contribution in [2.45, 2.75) is 31.8 Å². The summed E-state index contributed by atoms with van der Waals surface area (Å²) in [6, 6.07) is 13.8. The molecule has 2 aromatic carbocycles. The maximum absolute atomic E-state index is 13.1. The average Bonchev–Trinajstić information content (AvgIpc) is 2.81. The van der Waals surface area contributed by atoms with Gasteiger partial charge >= 0.3 is 5.97 Å². The molecular formula is C25H29NO5. The molecule has 3 rings (SSSR count). The summed E-state index contributed by atoms with van der Waals surface area (Å²) in [5, 5.41) is 0. The molecule has 1 aliphatic rings. The maximum atomic E-state index is 13.1. The molecule has 2 unspecified atom stereocenters. The molecule has 1 amide bonds. The van der Waals surface area contributed by atoms with Gasteiger partial charge in [-0.3, -0.25) is 4.79 Å². The number of likely N-dealkylation sites (tertiary alicyclic amines) is 1.